The van der Waals surface area contributed by atoms with Crippen LogP contribution in [-0.2, 0) is 6.42 Å². The molecule has 0 aliphatic rings. The molecule has 0 amide bonds. The van der Waals surface area contributed by atoms with Crippen LogP contribution in [0.2, 0.25) is 0 Å². The highest BCUT2D eigenvalue weighted by Gasteiger charge is 2.06. The minimum absolute atomic E-state index is 0.545. The van der Waals surface area contributed by atoms with Crippen LogP contribution in [0, 0.1) is 0 Å². The molecule has 0 fully saturated rings. The fraction of sp³-hybridized carbons (Fsp3) is 0.455. The first kappa shape index (κ1) is 10.6. The third-order valence-electron chi connectivity index (χ3n) is 2.08. The zero-order valence-electron chi connectivity index (χ0n) is 8.09. The fourth-order valence-corrected chi connectivity index (χ4v) is 1.60. The fourth-order valence-electron chi connectivity index (χ4n) is 1.25. The highest BCUT2D eigenvalue weighted by Crippen LogP contribution is 2.22. The molecule has 0 saturated carbocycles. The Labute approximate surface area is 88.2 Å². The van der Waals surface area contributed by atoms with E-state index in [0.717, 1.165) is 18.6 Å². The summed E-state index contributed by atoms with van der Waals surface area (Å²) in [6.07, 6.45) is 2.17. The van der Waals surface area contributed by atoms with Gasteiger partial charge in [-0.05, 0) is 24.5 Å². The molecule has 0 radical (unpaired) electrons. The largest absolute Gasteiger partial charge is 0.496 e. The van der Waals surface area contributed by atoms with Crippen molar-refractivity contribution in [2.24, 2.45) is 0 Å². The molecule has 1 rings (SSSR count). The van der Waals surface area contributed by atoms with Crippen molar-refractivity contribution in [2.45, 2.75) is 24.6 Å². The van der Waals surface area contributed by atoms with E-state index in [1.807, 2.05) is 18.2 Å². The molecule has 0 aliphatic heterocycles. The van der Waals surface area contributed by atoms with Crippen molar-refractivity contribution < 1.29 is 4.74 Å². The summed E-state index contributed by atoms with van der Waals surface area (Å²) in [5.74, 6) is 0.986. The number of methoxy groups -OCH3 is 1. The lowest BCUT2D eigenvalue weighted by atomic mass is 10.1. The molecule has 0 aliphatic carbocycles. The highest BCUT2D eigenvalue weighted by molar-refractivity contribution is 9.09. The van der Waals surface area contributed by atoms with E-state index in [-0.39, 0.29) is 0 Å². The average Bonchev–Trinajstić information content (AvgIpc) is 2.18. The Bertz CT molecular complexity index is 260. The lowest BCUT2D eigenvalue weighted by molar-refractivity contribution is 0.409. The van der Waals surface area contributed by atoms with E-state index >= 15 is 0 Å². The maximum atomic E-state index is 5.27. The first-order chi connectivity index (χ1) is 6.27. The quantitative estimate of drug-likeness (QED) is 0.736. The first-order valence-corrected chi connectivity index (χ1v) is 5.45. The Hall–Kier alpha value is -0.500. The van der Waals surface area contributed by atoms with Crippen LogP contribution in [-0.4, -0.2) is 11.9 Å². The molecule has 0 bridgehead atoms. The molecule has 1 aromatic rings. The van der Waals surface area contributed by atoms with Crippen LogP contribution in [0.3, 0.4) is 0 Å². The SMILES string of the molecule is CCC(Br)Cc1ccccc1OC. The Kier molecular flexibility index (Phi) is 4.29. The maximum Gasteiger partial charge on any atom is 0.122 e. The third-order valence-corrected chi connectivity index (χ3v) is 3.05. The predicted molar refractivity (Wildman–Crippen MR) is 59.7 cm³/mol. The Morgan fingerprint density at radius 2 is 2.08 bits per heavy atom. The molecule has 0 spiro atoms. The minimum atomic E-state index is 0.545. The van der Waals surface area contributed by atoms with Gasteiger partial charge in [0.25, 0.3) is 0 Å². The van der Waals surface area contributed by atoms with Gasteiger partial charge in [-0.15, -0.1) is 0 Å². The van der Waals surface area contributed by atoms with E-state index in [9.17, 15) is 0 Å². The smallest absolute Gasteiger partial charge is 0.122 e. The van der Waals surface area contributed by atoms with Crippen molar-refractivity contribution >= 4 is 15.9 Å². The van der Waals surface area contributed by atoms with Crippen molar-refractivity contribution in [2.75, 3.05) is 7.11 Å². The van der Waals surface area contributed by atoms with Gasteiger partial charge in [-0.25, -0.2) is 0 Å². The van der Waals surface area contributed by atoms with E-state index in [2.05, 4.69) is 28.9 Å². The monoisotopic (exact) mass is 242 g/mol. The van der Waals surface area contributed by atoms with Crippen molar-refractivity contribution in [1.29, 1.82) is 0 Å². The summed E-state index contributed by atoms with van der Waals surface area (Å²) in [5, 5.41) is 0. The van der Waals surface area contributed by atoms with Crippen LogP contribution >= 0.6 is 15.9 Å². The second-order valence-corrected chi connectivity index (χ2v) is 4.32. The van der Waals surface area contributed by atoms with Gasteiger partial charge in [0.15, 0.2) is 0 Å². The van der Waals surface area contributed by atoms with Crippen LogP contribution in [0.5, 0.6) is 5.75 Å². The summed E-state index contributed by atoms with van der Waals surface area (Å²) in [7, 11) is 1.72. The van der Waals surface area contributed by atoms with Gasteiger partial charge < -0.3 is 4.74 Å². The lowest BCUT2D eigenvalue weighted by Gasteiger charge is -2.10. The summed E-state index contributed by atoms with van der Waals surface area (Å²) >= 11 is 3.62. The molecule has 0 N–H and O–H groups in total. The van der Waals surface area contributed by atoms with E-state index in [1.165, 1.54) is 5.56 Å². The average molecular weight is 243 g/mol. The number of para-hydroxylation sites is 1. The van der Waals surface area contributed by atoms with Crippen LogP contribution in [0.25, 0.3) is 0 Å². The minimum Gasteiger partial charge on any atom is -0.496 e. The summed E-state index contributed by atoms with van der Waals surface area (Å²) < 4.78 is 5.27. The highest BCUT2D eigenvalue weighted by atomic mass is 79.9. The van der Waals surface area contributed by atoms with Gasteiger partial charge in [-0.1, -0.05) is 41.1 Å². The third kappa shape index (κ3) is 3.03. The van der Waals surface area contributed by atoms with Gasteiger partial charge in [0, 0.05) is 4.83 Å². The van der Waals surface area contributed by atoms with E-state index < -0.39 is 0 Å². The second-order valence-electron chi connectivity index (χ2n) is 3.02. The molecule has 13 heavy (non-hydrogen) atoms. The summed E-state index contributed by atoms with van der Waals surface area (Å²) in [5.41, 5.74) is 1.27. The Morgan fingerprint density at radius 3 is 2.69 bits per heavy atom. The van der Waals surface area contributed by atoms with Crippen LogP contribution < -0.4 is 4.74 Å². The van der Waals surface area contributed by atoms with Crippen LogP contribution in [0.1, 0.15) is 18.9 Å². The standard InChI is InChI=1S/C11H15BrO/c1-3-10(12)8-9-6-4-5-7-11(9)13-2/h4-7,10H,3,8H2,1-2H3. The molecule has 72 valence electrons. The number of rotatable bonds is 4. The molecule has 1 atom stereocenters. The van der Waals surface area contributed by atoms with E-state index in [4.69, 9.17) is 4.74 Å². The zero-order valence-corrected chi connectivity index (χ0v) is 9.67. The van der Waals surface area contributed by atoms with Gasteiger partial charge in [0.2, 0.25) is 0 Å². The summed E-state index contributed by atoms with van der Waals surface area (Å²) in [6, 6.07) is 8.16. The van der Waals surface area contributed by atoms with Crippen molar-refractivity contribution in [3.63, 3.8) is 0 Å². The number of ether oxygens (including phenoxy) is 1. The first-order valence-electron chi connectivity index (χ1n) is 4.54. The lowest BCUT2D eigenvalue weighted by Crippen LogP contribution is -2.02. The second kappa shape index (κ2) is 5.28. The predicted octanol–water partition coefficient (Wildman–Crippen LogP) is 3.41. The number of hydrogen-bond donors (Lipinski definition) is 0. The maximum absolute atomic E-state index is 5.27. The van der Waals surface area contributed by atoms with Crippen LogP contribution in [0.4, 0.5) is 0 Å². The van der Waals surface area contributed by atoms with Gasteiger partial charge in [-0.3, -0.25) is 0 Å². The molecule has 1 unspecified atom stereocenters. The van der Waals surface area contributed by atoms with Gasteiger partial charge in [0.05, 0.1) is 7.11 Å². The van der Waals surface area contributed by atoms with Gasteiger partial charge in [0.1, 0.15) is 5.75 Å². The topological polar surface area (TPSA) is 9.23 Å². The molecule has 1 nitrogen and oxygen atoms in total. The van der Waals surface area contributed by atoms with Gasteiger partial charge >= 0.3 is 0 Å². The van der Waals surface area contributed by atoms with Crippen LogP contribution in [0.15, 0.2) is 24.3 Å². The van der Waals surface area contributed by atoms with Gasteiger partial charge in [-0.2, -0.15) is 0 Å². The molecule has 0 saturated heterocycles. The molecular formula is C11H15BrO. The Morgan fingerprint density at radius 1 is 1.38 bits per heavy atom. The Balaban J connectivity index is 2.74. The molecular weight excluding hydrogens is 228 g/mol. The summed E-state index contributed by atoms with van der Waals surface area (Å²) in [4.78, 5) is 0.545. The van der Waals surface area contributed by atoms with E-state index in [0.29, 0.717) is 4.83 Å². The summed E-state index contributed by atoms with van der Waals surface area (Å²) in [6.45, 7) is 2.18. The number of halogens is 1. The van der Waals surface area contributed by atoms with Crippen molar-refractivity contribution in [1.82, 2.24) is 0 Å². The molecule has 0 heterocycles. The van der Waals surface area contributed by atoms with E-state index in [1.54, 1.807) is 7.11 Å². The van der Waals surface area contributed by atoms with Crippen molar-refractivity contribution in [3.8, 4) is 5.75 Å². The molecule has 2 heteroatoms. The number of benzene rings is 1. The molecule has 0 aromatic heterocycles. The number of alkyl halides is 1. The van der Waals surface area contributed by atoms with Crippen molar-refractivity contribution in [3.05, 3.63) is 29.8 Å². The molecule has 1 aromatic carbocycles. The number of hydrogen-bond acceptors (Lipinski definition) is 1. The zero-order chi connectivity index (χ0) is 9.68. The normalized spacial score (nSPS) is 12.5.